The third-order valence-corrected chi connectivity index (χ3v) is 6.28. The molecule has 0 unspecified atom stereocenters. The number of ketones is 1. The van der Waals surface area contributed by atoms with Crippen molar-refractivity contribution >= 4 is 28.6 Å². The average Bonchev–Trinajstić information content (AvgIpc) is 3.18. The Bertz CT molecular complexity index is 1440. The molecule has 0 fully saturated rings. The molecule has 37 heavy (non-hydrogen) atoms. The number of esters is 1. The lowest BCUT2D eigenvalue weighted by atomic mass is 9.99. The fraction of sp³-hybridized carbons (Fsp3) is 0.233. The van der Waals surface area contributed by atoms with Crippen molar-refractivity contribution in [1.82, 2.24) is 4.57 Å². The van der Waals surface area contributed by atoms with Crippen LogP contribution in [-0.2, 0) is 20.9 Å². The van der Waals surface area contributed by atoms with Crippen molar-refractivity contribution in [2.24, 2.45) is 5.73 Å². The minimum atomic E-state index is -1.02. The number of nitrogens with zero attached hydrogens (tertiary/aromatic N) is 1. The normalized spacial score (nSPS) is 10.9. The van der Waals surface area contributed by atoms with Crippen molar-refractivity contribution in [3.8, 4) is 16.9 Å². The lowest BCUT2D eigenvalue weighted by Gasteiger charge is -2.14. The molecule has 0 aliphatic rings. The summed E-state index contributed by atoms with van der Waals surface area (Å²) in [6.45, 7) is 4.64. The molecule has 0 aliphatic heterocycles. The zero-order chi connectivity index (χ0) is 26.4. The summed E-state index contributed by atoms with van der Waals surface area (Å²) in [6.07, 6.45) is 0.686. The second-order valence-electron chi connectivity index (χ2n) is 8.67. The Morgan fingerprint density at radius 1 is 0.919 bits per heavy atom. The molecule has 4 aromatic rings. The number of aromatic nitrogens is 1. The topological polar surface area (TPSA) is 101 Å². The summed E-state index contributed by atoms with van der Waals surface area (Å²) in [5.74, 6) is -1.61. The summed E-state index contributed by atoms with van der Waals surface area (Å²) in [5.41, 5.74) is 10.3. The number of carbonyl (C=O) groups is 3. The predicted molar refractivity (Wildman–Crippen MR) is 143 cm³/mol. The maximum atomic E-state index is 13.0. The Labute approximate surface area is 215 Å². The summed E-state index contributed by atoms with van der Waals surface area (Å²) in [7, 11) is 0. The van der Waals surface area contributed by atoms with Crippen LogP contribution in [0.2, 0.25) is 0 Å². The van der Waals surface area contributed by atoms with Gasteiger partial charge in [0.15, 0.2) is 0 Å². The van der Waals surface area contributed by atoms with E-state index in [0.29, 0.717) is 36.4 Å². The van der Waals surface area contributed by atoms with Crippen LogP contribution in [0.4, 0.5) is 0 Å². The zero-order valence-corrected chi connectivity index (χ0v) is 21.0. The van der Waals surface area contributed by atoms with E-state index >= 15 is 0 Å². The molecule has 3 aromatic carbocycles. The lowest BCUT2D eigenvalue weighted by molar-refractivity contribution is -0.143. The van der Waals surface area contributed by atoms with Gasteiger partial charge in [-0.05, 0) is 49.1 Å². The van der Waals surface area contributed by atoms with Gasteiger partial charge in [0, 0.05) is 18.7 Å². The summed E-state index contributed by atoms with van der Waals surface area (Å²) in [4.78, 5) is 36.6. The smallest absolute Gasteiger partial charge is 0.305 e. The van der Waals surface area contributed by atoms with Crippen LogP contribution in [0.25, 0.3) is 22.0 Å². The third-order valence-electron chi connectivity index (χ3n) is 6.28. The average molecular weight is 499 g/mol. The molecule has 0 saturated carbocycles. The van der Waals surface area contributed by atoms with E-state index in [1.54, 1.807) is 13.0 Å². The third kappa shape index (κ3) is 5.56. The molecule has 2 N–H and O–H groups in total. The van der Waals surface area contributed by atoms with Crippen molar-refractivity contribution in [2.75, 3.05) is 13.2 Å². The first kappa shape index (κ1) is 25.7. The van der Waals surface area contributed by atoms with E-state index in [9.17, 15) is 14.4 Å². The Hall–Kier alpha value is -4.39. The Balaban J connectivity index is 1.75. The maximum Gasteiger partial charge on any atom is 0.305 e. The molecule has 0 atom stereocenters. The van der Waals surface area contributed by atoms with Crippen LogP contribution in [0.1, 0.15) is 41.4 Å². The fourth-order valence-electron chi connectivity index (χ4n) is 4.58. The molecular formula is C30H30N2O5. The first-order valence-corrected chi connectivity index (χ1v) is 12.3. The molecule has 0 saturated heterocycles. The molecule has 0 aliphatic carbocycles. The number of ether oxygens (including phenoxy) is 2. The highest BCUT2D eigenvalue weighted by molar-refractivity contribution is 6.45. The lowest BCUT2D eigenvalue weighted by Crippen LogP contribution is -2.24. The van der Waals surface area contributed by atoms with Crippen molar-refractivity contribution in [3.05, 3.63) is 89.6 Å². The second kappa shape index (κ2) is 11.6. The SMILES string of the molecule is CCOC(=O)CCCOc1cccc2c1c(C(=O)C(N)=O)c(C)n2Cc1ccccc1-c1ccccc1. The van der Waals surface area contributed by atoms with Crippen LogP contribution in [0.15, 0.2) is 72.8 Å². The van der Waals surface area contributed by atoms with Gasteiger partial charge in [0.2, 0.25) is 0 Å². The number of primary amides is 1. The minimum Gasteiger partial charge on any atom is -0.493 e. The maximum absolute atomic E-state index is 13.0. The van der Waals surface area contributed by atoms with Gasteiger partial charge in [0.1, 0.15) is 5.75 Å². The van der Waals surface area contributed by atoms with E-state index in [4.69, 9.17) is 15.2 Å². The van der Waals surface area contributed by atoms with E-state index < -0.39 is 11.7 Å². The van der Waals surface area contributed by atoms with Crippen molar-refractivity contribution < 1.29 is 23.9 Å². The van der Waals surface area contributed by atoms with E-state index in [2.05, 4.69) is 24.3 Å². The van der Waals surface area contributed by atoms with Crippen molar-refractivity contribution in [3.63, 3.8) is 0 Å². The first-order valence-electron chi connectivity index (χ1n) is 12.3. The Morgan fingerprint density at radius 3 is 2.38 bits per heavy atom. The first-order chi connectivity index (χ1) is 17.9. The number of hydrogen-bond donors (Lipinski definition) is 1. The number of nitrogens with two attached hydrogens (primary N) is 1. The molecule has 190 valence electrons. The Morgan fingerprint density at radius 2 is 1.65 bits per heavy atom. The number of hydrogen-bond acceptors (Lipinski definition) is 5. The molecule has 7 heteroatoms. The highest BCUT2D eigenvalue weighted by Gasteiger charge is 2.26. The number of Topliss-reactive ketones (excluding diaryl/α,β-unsaturated/α-hetero) is 1. The summed E-state index contributed by atoms with van der Waals surface area (Å²) in [5, 5.41) is 0.539. The molecule has 1 aromatic heterocycles. The second-order valence-corrected chi connectivity index (χ2v) is 8.67. The van der Waals surface area contributed by atoms with Gasteiger partial charge in [-0.3, -0.25) is 14.4 Å². The van der Waals surface area contributed by atoms with Crippen LogP contribution in [0.3, 0.4) is 0 Å². The molecule has 0 bridgehead atoms. The van der Waals surface area contributed by atoms with E-state index in [1.165, 1.54) is 0 Å². The van der Waals surface area contributed by atoms with Gasteiger partial charge in [-0.15, -0.1) is 0 Å². The standard InChI is InChI=1S/C30H30N2O5/c1-3-36-26(33)17-10-18-37-25-16-9-15-24-28(25)27(29(34)30(31)35)20(2)32(24)19-22-13-7-8-14-23(22)21-11-5-4-6-12-21/h4-9,11-16H,3,10,17-19H2,1-2H3,(H2,31,35). The number of rotatable bonds is 11. The summed E-state index contributed by atoms with van der Waals surface area (Å²) < 4.78 is 13.0. The highest BCUT2D eigenvalue weighted by Crippen LogP contribution is 2.35. The van der Waals surface area contributed by atoms with Crippen LogP contribution >= 0.6 is 0 Å². The molecule has 1 amide bonds. The van der Waals surface area contributed by atoms with E-state index in [1.807, 2.05) is 54.0 Å². The number of benzene rings is 3. The van der Waals surface area contributed by atoms with Gasteiger partial charge < -0.3 is 19.8 Å². The van der Waals surface area contributed by atoms with Crippen LogP contribution in [0.5, 0.6) is 5.75 Å². The van der Waals surface area contributed by atoms with Crippen LogP contribution in [0, 0.1) is 6.92 Å². The van der Waals surface area contributed by atoms with E-state index in [-0.39, 0.29) is 24.6 Å². The summed E-state index contributed by atoms with van der Waals surface area (Å²) in [6, 6.07) is 23.7. The molecule has 4 rings (SSSR count). The van der Waals surface area contributed by atoms with Crippen LogP contribution < -0.4 is 10.5 Å². The largest absolute Gasteiger partial charge is 0.493 e. The van der Waals surface area contributed by atoms with Crippen LogP contribution in [-0.4, -0.2) is 35.4 Å². The van der Waals surface area contributed by atoms with Gasteiger partial charge in [0.25, 0.3) is 11.7 Å². The fourth-order valence-corrected chi connectivity index (χ4v) is 4.58. The summed E-state index contributed by atoms with van der Waals surface area (Å²) >= 11 is 0. The molecule has 1 heterocycles. The van der Waals surface area contributed by atoms with Crippen molar-refractivity contribution in [2.45, 2.75) is 33.2 Å². The number of amides is 1. The minimum absolute atomic E-state index is 0.229. The van der Waals surface area contributed by atoms with Gasteiger partial charge >= 0.3 is 5.97 Å². The monoisotopic (exact) mass is 498 g/mol. The molecule has 0 radical (unpaired) electrons. The number of carbonyl (C=O) groups excluding carboxylic acids is 3. The van der Waals surface area contributed by atoms with Crippen molar-refractivity contribution in [1.29, 1.82) is 0 Å². The molecule has 7 nitrogen and oxygen atoms in total. The Kier molecular flexibility index (Phi) is 8.03. The van der Waals surface area contributed by atoms with E-state index in [0.717, 1.165) is 22.2 Å². The van der Waals surface area contributed by atoms with Gasteiger partial charge in [-0.2, -0.15) is 0 Å². The highest BCUT2D eigenvalue weighted by atomic mass is 16.5. The predicted octanol–water partition coefficient (Wildman–Crippen LogP) is 5.06. The zero-order valence-electron chi connectivity index (χ0n) is 21.0. The molecular weight excluding hydrogens is 468 g/mol. The number of fused-ring (bicyclic) bond motifs is 1. The quantitative estimate of drug-likeness (QED) is 0.135. The van der Waals surface area contributed by atoms with Gasteiger partial charge in [-0.25, -0.2) is 0 Å². The van der Waals surface area contributed by atoms with Gasteiger partial charge in [-0.1, -0.05) is 60.7 Å². The molecule has 0 spiro atoms. The van der Waals surface area contributed by atoms with Gasteiger partial charge in [0.05, 0.1) is 29.7 Å².